The summed E-state index contributed by atoms with van der Waals surface area (Å²) < 4.78 is 1.78. The lowest BCUT2D eigenvalue weighted by Crippen LogP contribution is -2.30. The number of hydrogen-bond acceptors (Lipinski definition) is 4. The van der Waals surface area contributed by atoms with E-state index in [4.69, 9.17) is 5.26 Å². The lowest BCUT2D eigenvalue weighted by molar-refractivity contribution is 0.821. The second kappa shape index (κ2) is 2.66. The van der Waals surface area contributed by atoms with E-state index in [0.29, 0.717) is 5.96 Å². The number of nitrogens with zero attached hydrogens (tertiary/aromatic N) is 4. The van der Waals surface area contributed by atoms with Gasteiger partial charge in [-0.2, -0.15) is 5.26 Å². The van der Waals surface area contributed by atoms with Gasteiger partial charge in [0.2, 0.25) is 5.96 Å². The highest BCUT2D eigenvalue weighted by atomic mass is 15.2. The van der Waals surface area contributed by atoms with Crippen LogP contribution in [-0.2, 0) is 6.42 Å². The highest BCUT2D eigenvalue weighted by Gasteiger charge is 2.11. The third-order valence-electron chi connectivity index (χ3n) is 1.74. The number of aliphatic imine (C=N–C) groups is 1. The summed E-state index contributed by atoms with van der Waals surface area (Å²) in [6.45, 7) is 0.718. The van der Waals surface area contributed by atoms with Crippen LogP contribution in [-0.4, -0.2) is 22.1 Å². The molecular weight excluding hydrogens is 154 g/mol. The van der Waals surface area contributed by atoms with E-state index < -0.39 is 0 Å². The van der Waals surface area contributed by atoms with Gasteiger partial charge in [-0.05, 0) is 0 Å². The largest absolute Gasteiger partial charge is 0.273 e. The molecule has 1 aliphatic rings. The summed E-state index contributed by atoms with van der Waals surface area (Å²) in [7, 11) is 0. The third-order valence-corrected chi connectivity index (χ3v) is 1.74. The molecule has 0 aromatic carbocycles. The van der Waals surface area contributed by atoms with E-state index in [1.807, 2.05) is 6.19 Å². The zero-order chi connectivity index (χ0) is 8.39. The molecule has 0 aliphatic carbocycles. The van der Waals surface area contributed by atoms with Crippen molar-refractivity contribution in [1.82, 2.24) is 14.9 Å². The Balaban J connectivity index is 2.38. The maximum absolute atomic E-state index is 8.41. The minimum Gasteiger partial charge on any atom is -0.273 e. The standard InChI is InChI=1S/C7H7N5/c8-4-11-7-10-2-1-6-3-9-5-12(6)7/h3,5H,1-2H2,(H,10,11). The quantitative estimate of drug-likeness (QED) is 0.420. The van der Waals surface area contributed by atoms with Gasteiger partial charge in [0.1, 0.15) is 6.33 Å². The molecule has 2 rings (SSSR count). The van der Waals surface area contributed by atoms with Crippen molar-refractivity contribution in [1.29, 1.82) is 5.26 Å². The van der Waals surface area contributed by atoms with Crippen molar-refractivity contribution in [3.8, 4) is 6.19 Å². The van der Waals surface area contributed by atoms with Crippen molar-refractivity contribution in [3.63, 3.8) is 0 Å². The Kier molecular flexibility index (Phi) is 1.52. The molecule has 0 spiro atoms. The fourth-order valence-electron chi connectivity index (χ4n) is 1.20. The van der Waals surface area contributed by atoms with Crippen LogP contribution in [0.5, 0.6) is 0 Å². The summed E-state index contributed by atoms with van der Waals surface area (Å²) in [5, 5.41) is 10.9. The minimum atomic E-state index is 0.566. The average Bonchev–Trinajstić information content (AvgIpc) is 2.53. The second-order valence-electron chi connectivity index (χ2n) is 2.45. The summed E-state index contributed by atoms with van der Waals surface area (Å²) in [4.78, 5) is 8.11. The van der Waals surface area contributed by atoms with Gasteiger partial charge < -0.3 is 0 Å². The van der Waals surface area contributed by atoms with Gasteiger partial charge in [0.25, 0.3) is 0 Å². The van der Waals surface area contributed by atoms with E-state index >= 15 is 0 Å². The lowest BCUT2D eigenvalue weighted by atomic mass is 10.3. The minimum absolute atomic E-state index is 0.566. The maximum Gasteiger partial charge on any atom is 0.217 e. The molecule has 1 aromatic rings. The molecule has 0 saturated heterocycles. The lowest BCUT2D eigenvalue weighted by Gasteiger charge is -2.12. The van der Waals surface area contributed by atoms with Gasteiger partial charge in [0, 0.05) is 24.9 Å². The maximum atomic E-state index is 8.41. The Morgan fingerprint density at radius 2 is 2.58 bits per heavy atom. The van der Waals surface area contributed by atoms with Crippen LogP contribution in [0.1, 0.15) is 5.69 Å². The summed E-state index contributed by atoms with van der Waals surface area (Å²) in [5.41, 5.74) is 1.09. The van der Waals surface area contributed by atoms with Crippen LogP contribution in [0.3, 0.4) is 0 Å². The monoisotopic (exact) mass is 161 g/mol. The van der Waals surface area contributed by atoms with Gasteiger partial charge in [0.05, 0.1) is 0 Å². The van der Waals surface area contributed by atoms with Gasteiger partial charge in [0.15, 0.2) is 6.19 Å². The Hall–Kier alpha value is -1.83. The normalized spacial score (nSPS) is 14.4. The number of hydrogen-bond donors (Lipinski definition) is 1. The van der Waals surface area contributed by atoms with E-state index in [1.165, 1.54) is 0 Å². The summed E-state index contributed by atoms with van der Waals surface area (Å²) in [6, 6.07) is 0. The van der Waals surface area contributed by atoms with E-state index in [1.54, 1.807) is 17.1 Å². The number of nitrogens with one attached hydrogen (secondary N) is 1. The van der Waals surface area contributed by atoms with Crippen molar-refractivity contribution in [2.75, 3.05) is 6.54 Å². The molecule has 0 bridgehead atoms. The first-order chi connectivity index (χ1) is 5.92. The topological polar surface area (TPSA) is 66.0 Å². The average molecular weight is 161 g/mol. The Bertz CT molecular complexity index is 356. The molecule has 1 aromatic heterocycles. The van der Waals surface area contributed by atoms with Gasteiger partial charge in [-0.3, -0.25) is 14.9 Å². The summed E-state index contributed by atoms with van der Waals surface area (Å²) in [6.07, 6.45) is 6.16. The highest BCUT2D eigenvalue weighted by molar-refractivity contribution is 5.84. The van der Waals surface area contributed by atoms with Crippen LogP contribution < -0.4 is 5.32 Å². The van der Waals surface area contributed by atoms with Crippen LogP contribution in [0, 0.1) is 11.5 Å². The first-order valence-corrected chi connectivity index (χ1v) is 3.63. The van der Waals surface area contributed by atoms with Crippen LogP contribution in [0.15, 0.2) is 17.5 Å². The molecule has 0 saturated carbocycles. The molecule has 1 aliphatic heterocycles. The Morgan fingerprint density at radius 3 is 3.42 bits per heavy atom. The molecule has 1 N–H and O–H groups in total. The van der Waals surface area contributed by atoms with Crippen molar-refractivity contribution >= 4 is 5.96 Å². The van der Waals surface area contributed by atoms with Crippen molar-refractivity contribution in [3.05, 3.63) is 18.2 Å². The van der Waals surface area contributed by atoms with Gasteiger partial charge in [-0.15, -0.1) is 0 Å². The van der Waals surface area contributed by atoms with Crippen molar-refractivity contribution in [2.45, 2.75) is 6.42 Å². The Labute approximate surface area is 69.4 Å². The van der Waals surface area contributed by atoms with Crippen molar-refractivity contribution in [2.24, 2.45) is 4.99 Å². The molecule has 5 nitrogen and oxygen atoms in total. The zero-order valence-electron chi connectivity index (χ0n) is 6.36. The number of fused-ring (bicyclic) bond motifs is 1. The highest BCUT2D eigenvalue weighted by Crippen LogP contribution is 2.04. The van der Waals surface area contributed by atoms with E-state index in [2.05, 4.69) is 15.3 Å². The molecule has 0 atom stereocenters. The van der Waals surface area contributed by atoms with Crippen molar-refractivity contribution < 1.29 is 0 Å². The van der Waals surface area contributed by atoms with E-state index in [-0.39, 0.29) is 0 Å². The van der Waals surface area contributed by atoms with Gasteiger partial charge >= 0.3 is 0 Å². The molecule has 12 heavy (non-hydrogen) atoms. The number of nitriles is 1. The zero-order valence-corrected chi connectivity index (χ0v) is 6.36. The first-order valence-electron chi connectivity index (χ1n) is 3.63. The fourth-order valence-corrected chi connectivity index (χ4v) is 1.20. The van der Waals surface area contributed by atoms with E-state index in [0.717, 1.165) is 18.7 Å². The molecule has 60 valence electrons. The number of aromatic nitrogens is 2. The van der Waals surface area contributed by atoms with Crippen LogP contribution >= 0.6 is 0 Å². The second-order valence-corrected chi connectivity index (χ2v) is 2.45. The molecule has 5 heteroatoms. The summed E-state index contributed by atoms with van der Waals surface area (Å²) >= 11 is 0. The number of imidazole rings is 1. The first kappa shape index (κ1) is 6.85. The SMILES string of the molecule is N#CNC1=NCCc2cncn21. The van der Waals surface area contributed by atoms with Gasteiger partial charge in [-0.1, -0.05) is 0 Å². The van der Waals surface area contributed by atoms with Gasteiger partial charge in [-0.25, -0.2) is 4.98 Å². The molecule has 0 fully saturated rings. The van der Waals surface area contributed by atoms with Crippen LogP contribution in [0.25, 0.3) is 0 Å². The predicted octanol–water partition coefficient (Wildman–Crippen LogP) is -0.286. The van der Waals surface area contributed by atoms with E-state index in [9.17, 15) is 0 Å². The predicted molar refractivity (Wildman–Crippen MR) is 42.4 cm³/mol. The van der Waals surface area contributed by atoms with Crippen LogP contribution in [0.2, 0.25) is 0 Å². The molecule has 0 unspecified atom stereocenters. The summed E-state index contributed by atoms with van der Waals surface area (Å²) in [5.74, 6) is 0.566. The fraction of sp³-hybridized carbons (Fsp3) is 0.286. The molecule has 2 heterocycles. The number of rotatable bonds is 0. The Morgan fingerprint density at radius 1 is 1.67 bits per heavy atom. The third kappa shape index (κ3) is 0.937. The molecular formula is C7H7N5. The van der Waals surface area contributed by atoms with Crippen LogP contribution in [0.4, 0.5) is 0 Å². The molecule has 0 amide bonds. The molecule has 0 radical (unpaired) electrons. The smallest absolute Gasteiger partial charge is 0.217 e.